The first kappa shape index (κ1) is 18.9. The van der Waals surface area contributed by atoms with Gasteiger partial charge in [0.25, 0.3) is 0 Å². The lowest BCUT2D eigenvalue weighted by Gasteiger charge is -2.39. The highest BCUT2D eigenvalue weighted by Gasteiger charge is 2.31. The van der Waals surface area contributed by atoms with Gasteiger partial charge < -0.3 is 10.6 Å². The molecule has 0 bridgehead atoms. The van der Waals surface area contributed by atoms with Crippen molar-refractivity contribution in [2.45, 2.75) is 32.4 Å². The number of aryl methyl sites for hydroxylation is 1. The summed E-state index contributed by atoms with van der Waals surface area (Å²) in [7, 11) is 4.20. The van der Waals surface area contributed by atoms with Gasteiger partial charge in [-0.2, -0.15) is 5.10 Å². The minimum absolute atomic E-state index is 0.496. The van der Waals surface area contributed by atoms with Crippen LogP contribution in [0.1, 0.15) is 36.4 Å². The van der Waals surface area contributed by atoms with Crippen LogP contribution in [0.25, 0.3) is 0 Å². The van der Waals surface area contributed by atoms with E-state index in [2.05, 4.69) is 52.1 Å². The number of aromatic nitrogens is 2. The minimum atomic E-state index is 0.496. The van der Waals surface area contributed by atoms with Crippen molar-refractivity contribution in [2.75, 3.05) is 26.7 Å². The lowest BCUT2D eigenvalue weighted by Crippen LogP contribution is -2.44. The third-order valence-electron chi connectivity index (χ3n) is 5.04. The Morgan fingerprint density at radius 3 is 2.92 bits per heavy atom. The summed E-state index contributed by atoms with van der Waals surface area (Å²) < 4.78 is 1.87. The first-order valence-corrected chi connectivity index (χ1v) is 10.3. The summed E-state index contributed by atoms with van der Waals surface area (Å²) in [6, 6.07) is 6.94. The largest absolute Gasteiger partial charge is 0.357 e. The van der Waals surface area contributed by atoms with Gasteiger partial charge in [-0.15, -0.1) is 11.3 Å². The van der Waals surface area contributed by atoms with Gasteiger partial charge in [0.1, 0.15) is 0 Å². The lowest BCUT2D eigenvalue weighted by atomic mass is 9.88. The molecule has 0 radical (unpaired) electrons. The number of hydrogen-bond donors (Lipinski definition) is 2. The average molecular weight is 375 g/mol. The molecule has 2 aromatic heterocycles. The maximum Gasteiger partial charge on any atom is 0.191 e. The molecule has 142 valence electrons. The summed E-state index contributed by atoms with van der Waals surface area (Å²) in [4.78, 5) is 8.70. The van der Waals surface area contributed by atoms with Crippen LogP contribution < -0.4 is 10.6 Å². The summed E-state index contributed by atoms with van der Waals surface area (Å²) in [6.45, 7) is 5.70. The maximum absolute atomic E-state index is 4.73. The highest BCUT2D eigenvalue weighted by atomic mass is 32.1. The monoisotopic (exact) mass is 374 g/mol. The number of rotatable bonds is 6. The SMILES string of the molecule is CCNC(=NCc1ccnn1C)NCC1CCCN(C)C1c1cccs1. The maximum atomic E-state index is 4.73. The van der Waals surface area contributed by atoms with Crippen LogP contribution in [0.15, 0.2) is 34.8 Å². The Morgan fingerprint density at radius 2 is 2.23 bits per heavy atom. The molecule has 1 aliphatic rings. The Morgan fingerprint density at radius 1 is 1.35 bits per heavy atom. The van der Waals surface area contributed by atoms with Crippen molar-refractivity contribution in [2.24, 2.45) is 18.0 Å². The highest BCUT2D eigenvalue weighted by molar-refractivity contribution is 7.10. The molecule has 2 N–H and O–H groups in total. The van der Waals surface area contributed by atoms with E-state index in [9.17, 15) is 0 Å². The molecule has 26 heavy (non-hydrogen) atoms. The van der Waals surface area contributed by atoms with Crippen molar-refractivity contribution in [3.8, 4) is 0 Å². The first-order valence-electron chi connectivity index (χ1n) is 9.41. The van der Waals surface area contributed by atoms with E-state index in [0.29, 0.717) is 18.5 Å². The second-order valence-corrected chi connectivity index (χ2v) is 7.84. The van der Waals surface area contributed by atoms with Crippen LogP contribution >= 0.6 is 11.3 Å². The Labute approximate surface area is 160 Å². The number of likely N-dealkylation sites (tertiary alicyclic amines) is 1. The normalized spacial score (nSPS) is 21.7. The molecule has 0 saturated carbocycles. The van der Waals surface area contributed by atoms with Gasteiger partial charge in [-0.05, 0) is 56.8 Å². The molecule has 3 heterocycles. The zero-order valence-corrected chi connectivity index (χ0v) is 16.8. The molecule has 3 rings (SSSR count). The summed E-state index contributed by atoms with van der Waals surface area (Å²) in [5.41, 5.74) is 1.11. The molecule has 0 amide bonds. The van der Waals surface area contributed by atoms with E-state index in [0.717, 1.165) is 24.7 Å². The third kappa shape index (κ3) is 4.65. The molecule has 1 fully saturated rings. The number of aliphatic imine (C=N–C) groups is 1. The second-order valence-electron chi connectivity index (χ2n) is 6.87. The van der Waals surface area contributed by atoms with E-state index in [1.807, 2.05) is 35.3 Å². The molecule has 0 aliphatic carbocycles. The Balaban J connectivity index is 1.64. The van der Waals surface area contributed by atoms with Gasteiger partial charge in [0, 0.05) is 37.3 Å². The van der Waals surface area contributed by atoms with E-state index in [1.54, 1.807) is 0 Å². The summed E-state index contributed by atoms with van der Waals surface area (Å²) in [5.74, 6) is 1.47. The first-order chi connectivity index (χ1) is 12.7. The number of nitrogens with one attached hydrogen (secondary N) is 2. The molecule has 2 atom stereocenters. The average Bonchev–Trinajstić information content (AvgIpc) is 3.29. The van der Waals surface area contributed by atoms with Crippen molar-refractivity contribution < 1.29 is 0 Å². The van der Waals surface area contributed by atoms with Crippen molar-refractivity contribution >= 4 is 17.3 Å². The van der Waals surface area contributed by atoms with Crippen molar-refractivity contribution in [3.63, 3.8) is 0 Å². The molecular formula is C19H30N6S. The molecule has 1 aliphatic heterocycles. The van der Waals surface area contributed by atoms with Crippen LogP contribution in [-0.2, 0) is 13.6 Å². The predicted molar refractivity (Wildman–Crippen MR) is 108 cm³/mol. The minimum Gasteiger partial charge on any atom is -0.357 e. The Kier molecular flexibility index (Phi) is 6.68. The van der Waals surface area contributed by atoms with E-state index >= 15 is 0 Å². The van der Waals surface area contributed by atoms with E-state index in [1.165, 1.54) is 24.3 Å². The topological polar surface area (TPSA) is 57.5 Å². The predicted octanol–water partition coefficient (Wildman–Crippen LogP) is 2.62. The molecule has 2 aromatic rings. The van der Waals surface area contributed by atoms with Gasteiger partial charge in [-0.25, -0.2) is 4.99 Å². The molecule has 0 aromatic carbocycles. The van der Waals surface area contributed by atoms with Gasteiger partial charge in [0.05, 0.1) is 12.2 Å². The molecule has 7 heteroatoms. The second kappa shape index (κ2) is 9.19. The van der Waals surface area contributed by atoms with Crippen molar-refractivity contribution in [3.05, 3.63) is 40.3 Å². The van der Waals surface area contributed by atoms with Crippen LogP contribution in [0.4, 0.5) is 0 Å². The molecule has 2 unspecified atom stereocenters. The Hall–Kier alpha value is -1.86. The van der Waals surface area contributed by atoms with Gasteiger partial charge in [0.2, 0.25) is 0 Å². The van der Waals surface area contributed by atoms with Crippen molar-refractivity contribution in [1.29, 1.82) is 0 Å². The number of hydrogen-bond acceptors (Lipinski definition) is 4. The fraction of sp³-hybridized carbons (Fsp3) is 0.579. The van der Waals surface area contributed by atoms with E-state index in [4.69, 9.17) is 4.99 Å². The smallest absolute Gasteiger partial charge is 0.191 e. The van der Waals surface area contributed by atoms with Gasteiger partial charge >= 0.3 is 0 Å². The molecule has 0 spiro atoms. The quantitative estimate of drug-likeness (QED) is 0.603. The highest BCUT2D eigenvalue weighted by Crippen LogP contribution is 2.36. The van der Waals surface area contributed by atoms with Gasteiger partial charge in [-0.3, -0.25) is 9.58 Å². The van der Waals surface area contributed by atoms with Crippen LogP contribution in [0, 0.1) is 5.92 Å². The van der Waals surface area contributed by atoms with Crippen LogP contribution in [0.2, 0.25) is 0 Å². The third-order valence-corrected chi connectivity index (χ3v) is 5.98. The Bertz CT molecular complexity index is 693. The standard InChI is InChI=1S/C19H30N6S/c1-4-20-19(22-14-16-9-10-23-25(16)3)21-13-15-7-5-11-24(2)18(15)17-8-6-12-26-17/h6,8-10,12,15,18H,4-5,7,11,13-14H2,1-3H3,(H2,20,21,22). The van der Waals surface area contributed by atoms with Gasteiger partial charge in [-0.1, -0.05) is 6.07 Å². The molecule has 6 nitrogen and oxygen atoms in total. The van der Waals surface area contributed by atoms with Crippen LogP contribution in [-0.4, -0.2) is 47.3 Å². The summed E-state index contributed by atoms with van der Waals surface area (Å²) >= 11 is 1.87. The summed E-state index contributed by atoms with van der Waals surface area (Å²) in [6.07, 6.45) is 4.32. The molecule has 1 saturated heterocycles. The number of nitrogens with zero attached hydrogens (tertiary/aromatic N) is 4. The zero-order chi connectivity index (χ0) is 18.4. The molecular weight excluding hydrogens is 344 g/mol. The van der Waals surface area contributed by atoms with E-state index < -0.39 is 0 Å². The number of guanidine groups is 1. The van der Waals surface area contributed by atoms with Gasteiger partial charge in [0.15, 0.2) is 5.96 Å². The van der Waals surface area contributed by atoms with Crippen molar-refractivity contribution in [1.82, 2.24) is 25.3 Å². The van der Waals surface area contributed by atoms with Crippen LogP contribution in [0.3, 0.4) is 0 Å². The van der Waals surface area contributed by atoms with E-state index in [-0.39, 0.29) is 0 Å². The fourth-order valence-corrected chi connectivity index (χ4v) is 4.65. The fourth-order valence-electron chi connectivity index (χ4n) is 3.67. The number of thiophene rings is 1. The summed E-state index contributed by atoms with van der Waals surface area (Å²) in [5, 5.41) is 13.3. The lowest BCUT2D eigenvalue weighted by molar-refractivity contribution is 0.125. The zero-order valence-electron chi connectivity index (χ0n) is 16.0. The van der Waals surface area contributed by atoms with Crippen LogP contribution in [0.5, 0.6) is 0 Å². The number of piperidine rings is 1.